The van der Waals surface area contributed by atoms with Gasteiger partial charge in [0.1, 0.15) is 0 Å². The third kappa shape index (κ3) is 5.58. The molecular weight excluding hydrogens is 801 g/mol. The maximum absolute atomic E-state index is 3.07. The van der Waals surface area contributed by atoms with Gasteiger partial charge in [-0.3, -0.25) is 0 Å². The van der Waals surface area contributed by atoms with E-state index in [9.17, 15) is 0 Å². The Labute approximate surface area is 381 Å². The highest BCUT2D eigenvalue weighted by atomic mass is 28.3. The van der Waals surface area contributed by atoms with Crippen LogP contribution in [0.25, 0.3) is 22.3 Å². The third-order valence-corrected chi connectivity index (χ3v) is 25.6. The summed E-state index contributed by atoms with van der Waals surface area (Å²) in [5.41, 5.74) is 9.23. The van der Waals surface area contributed by atoms with Crippen LogP contribution in [0.5, 0.6) is 0 Å². The van der Waals surface area contributed by atoms with Gasteiger partial charge in [0.05, 0.1) is 0 Å². The SMILES string of the molecule is c1ccc([Si](c2ccccc2)(c2ccccc2)c2ccc(-c3ccc4c(c3)C35CCCC3(CCC5)c3ccccc3-4)c([Si](c3ccccc3)(c3ccccc3)c3ccccc3)c2)cc1. The van der Waals surface area contributed by atoms with Gasteiger partial charge in [0.25, 0.3) is 0 Å². The van der Waals surface area contributed by atoms with Crippen molar-refractivity contribution in [2.24, 2.45) is 0 Å². The summed E-state index contributed by atoms with van der Waals surface area (Å²) in [7, 11) is -5.98. The van der Waals surface area contributed by atoms with Crippen molar-refractivity contribution in [3.63, 3.8) is 0 Å². The highest BCUT2D eigenvalue weighted by Crippen LogP contribution is 2.69. The molecule has 2 fully saturated rings. The predicted molar refractivity (Wildman–Crippen MR) is 276 cm³/mol. The van der Waals surface area contributed by atoms with Crippen LogP contribution in [-0.2, 0) is 10.8 Å². The number of rotatable bonds is 9. The molecule has 0 N–H and O–H groups in total. The van der Waals surface area contributed by atoms with E-state index in [1.807, 2.05) is 0 Å². The van der Waals surface area contributed by atoms with Gasteiger partial charge in [-0.25, -0.2) is 0 Å². The fourth-order valence-electron chi connectivity index (χ4n) is 13.6. The molecule has 3 aliphatic carbocycles. The van der Waals surface area contributed by atoms with Crippen LogP contribution < -0.4 is 41.5 Å². The van der Waals surface area contributed by atoms with Crippen molar-refractivity contribution in [2.75, 3.05) is 0 Å². The number of hydrogen-bond donors (Lipinski definition) is 0. The Balaban J connectivity index is 1.23. The molecule has 0 aliphatic heterocycles. The molecule has 0 heterocycles. The fraction of sp³-hybridized carbons (Fsp3) is 0.129. The van der Waals surface area contributed by atoms with Crippen LogP contribution in [0.2, 0.25) is 0 Å². The zero-order valence-electron chi connectivity index (χ0n) is 36.3. The maximum Gasteiger partial charge on any atom is 0.180 e. The molecular formula is C62H52Si2. The summed E-state index contributed by atoms with van der Waals surface area (Å²) in [6.45, 7) is 0. The standard InChI is InChI=1S/C62H52Si2/c1-7-23-48(24-8-1)63(49-25-9-2-10-26-49,50-27-11-3-12-28-50)54-38-40-55(47-37-39-57-56-35-19-20-36-58(56)61-41-21-43-62(61,44-22-42-61)59(57)45-47)60(46-54)64(51-29-13-4-14-30-51,52-31-15-5-16-32-52)53-33-17-6-18-34-53/h1-20,23-40,45-46H,21-22,41-44H2. The summed E-state index contributed by atoms with van der Waals surface area (Å²) in [6.07, 6.45) is 7.75. The van der Waals surface area contributed by atoms with Gasteiger partial charge in [0.2, 0.25) is 0 Å². The Morgan fingerprint density at radius 2 is 0.625 bits per heavy atom. The molecule has 9 aromatic rings. The van der Waals surface area contributed by atoms with Crippen LogP contribution in [-0.4, -0.2) is 16.1 Å². The third-order valence-electron chi connectivity index (χ3n) is 16.0. The lowest BCUT2D eigenvalue weighted by Gasteiger charge is -2.48. The molecule has 0 amide bonds. The smallest absolute Gasteiger partial charge is 0.0623 e. The topological polar surface area (TPSA) is 0 Å². The molecule has 9 aromatic carbocycles. The second-order valence-corrected chi connectivity index (χ2v) is 26.2. The molecule has 0 spiro atoms. The van der Waals surface area contributed by atoms with Gasteiger partial charge in [-0.05, 0) is 107 Å². The molecule has 0 unspecified atom stereocenters. The molecule has 2 heteroatoms. The summed E-state index contributed by atoms with van der Waals surface area (Å²) >= 11 is 0. The fourth-order valence-corrected chi connectivity index (χ4v) is 23.5. The Morgan fingerprint density at radius 1 is 0.266 bits per heavy atom. The van der Waals surface area contributed by atoms with Crippen LogP contribution >= 0.6 is 0 Å². The van der Waals surface area contributed by atoms with Gasteiger partial charge in [-0.1, -0.05) is 249 Å². The summed E-state index contributed by atoms with van der Waals surface area (Å²) in [5, 5.41) is 11.2. The van der Waals surface area contributed by atoms with Crippen molar-refractivity contribution < 1.29 is 0 Å². The van der Waals surface area contributed by atoms with Crippen LogP contribution in [0.4, 0.5) is 0 Å². The molecule has 308 valence electrons. The minimum Gasteiger partial charge on any atom is -0.0623 e. The van der Waals surface area contributed by atoms with Crippen molar-refractivity contribution in [2.45, 2.75) is 49.4 Å². The normalized spacial score (nSPS) is 18.7. The summed E-state index contributed by atoms with van der Waals surface area (Å²) < 4.78 is 0. The molecule has 0 atom stereocenters. The van der Waals surface area contributed by atoms with Gasteiger partial charge in [-0.15, -0.1) is 0 Å². The van der Waals surface area contributed by atoms with E-state index in [0.29, 0.717) is 0 Å². The highest BCUT2D eigenvalue weighted by Gasteiger charge is 2.62. The molecule has 2 saturated carbocycles. The quantitative estimate of drug-likeness (QED) is 0.100. The summed E-state index contributed by atoms with van der Waals surface area (Å²) in [6, 6.07) is 94.0. The van der Waals surface area contributed by atoms with E-state index in [-0.39, 0.29) is 10.8 Å². The van der Waals surface area contributed by atoms with Gasteiger partial charge in [0, 0.05) is 10.8 Å². The van der Waals surface area contributed by atoms with Crippen molar-refractivity contribution in [1.82, 2.24) is 0 Å². The lowest BCUT2D eigenvalue weighted by Crippen LogP contribution is -2.78. The van der Waals surface area contributed by atoms with E-state index in [4.69, 9.17) is 0 Å². The molecule has 0 aromatic heterocycles. The predicted octanol–water partition coefficient (Wildman–Crippen LogP) is 9.63. The van der Waals surface area contributed by atoms with E-state index in [2.05, 4.69) is 243 Å². The first-order chi connectivity index (χ1) is 31.7. The summed E-state index contributed by atoms with van der Waals surface area (Å²) in [4.78, 5) is 0. The van der Waals surface area contributed by atoms with Gasteiger partial charge in [0.15, 0.2) is 16.1 Å². The van der Waals surface area contributed by atoms with E-state index < -0.39 is 16.1 Å². The van der Waals surface area contributed by atoms with E-state index in [1.165, 1.54) is 102 Å². The number of hydrogen-bond acceptors (Lipinski definition) is 0. The van der Waals surface area contributed by atoms with Crippen LogP contribution in [0.15, 0.2) is 243 Å². The second kappa shape index (κ2) is 15.6. The van der Waals surface area contributed by atoms with Crippen molar-refractivity contribution >= 4 is 57.6 Å². The minimum atomic E-state index is -3.07. The van der Waals surface area contributed by atoms with Crippen LogP contribution in [0.3, 0.4) is 0 Å². The molecule has 0 saturated heterocycles. The molecule has 0 bridgehead atoms. The number of benzene rings is 9. The Kier molecular flexibility index (Phi) is 9.51. The largest absolute Gasteiger partial charge is 0.180 e. The van der Waals surface area contributed by atoms with E-state index in [1.54, 1.807) is 11.1 Å². The molecule has 12 rings (SSSR count). The minimum absolute atomic E-state index is 0.176. The van der Waals surface area contributed by atoms with Crippen molar-refractivity contribution in [1.29, 1.82) is 0 Å². The zero-order chi connectivity index (χ0) is 42.6. The molecule has 3 aliphatic rings. The van der Waals surface area contributed by atoms with E-state index >= 15 is 0 Å². The molecule has 0 nitrogen and oxygen atoms in total. The van der Waals surface area contributed by atoms with E-state index in [0.717, 1.165) is 0 Å². The van der Waals surface area contributed by atoms with Crippen molar-refractivity contribution in [3.8, 4) is 22.3 Å². The average molecular weight is 853 g/mol. The van der Waals surface area contributed by atoms with Crippen LogP contribution in [0.1, 0.15) is 49.7 Å². The maximum atomic E-state index is 2.73. The Morgan fingerprint density at radius 3 is 1.08 bits per heavy atom. The Bertz CT molecular complexity index is 2890. The van der Waals surface area contributed by atoms with Gasteiger partial charge in [-0.2, -0.15) is 0 Å². The summed E-state index contributed by atoms with van der Waals surface area (Å²) in [5.74, 6) is 0. The first-order valence-corrected chi connectivity index (χ1v) is 27.4. The highest BCUT2D eigenvalue weighted by molar-refractivity contribution is 7.22. The monoisotopic (exact) mass is 852 g/mol. The Hall–Kier alpha value is -6.59. The lowest BCUT2D eigenvalue weighted by molar-refractivity contribution is 0.299. The average Bonchev–Trinajstić information content (AvgIpc) is 3.96. The first-order valence-electron chi connectivity index (χ1n) is 23.4. The zero-order valence-corrected chi connectivity index (χ0v) is 38.3. The van der Waals surface area contributed by atoms with Crippen LogP contribution in [0, 0.1) is 0 Å². The second-order valence-electron chi connectivity index (χ2n) is 18.6. The van der Waals surface area contributed by atoms with Gasteiger partial charge >= 0.3 is 0 Å². The molecule has 0 radical (unpaired) electrons. The number of fused-ring (bicyclic) bond motifs is 3. The van der Waals surface area contributed by atoms with Gasteiger partial charge < -0.3 is 0 Å². The molecule has 64 heavy (non-hydrogen) atoms. The lowest BCUT2D eigenvalue weighted by atomic mass is 9.55. The van der Waals surface area contributed by atoms with Crippen molar-refractivity contribution in [3.05, 3.63) is 254 Å². The first kappa shape index (κ1) is 39.0.